The van der Waals surface area contributed by atoms with Gasteiger partial charge < -0.3 is 10.6 Å². The number of rotatable bonds is 5. The molecule has 0 bridgehead atoms. The van der Waals surface area contributed by atoms with Gasteiger partial charge >= 0.3 is 0 Å². The van der Waals surface area contributed by atoms with E-state index in [4.69, 9.17) is 0 Å². The van der Waals surface area contributed by atoms with E-state index in [1.807, 2.05) is 23.9 Å². The number of amides is 1. The van der Waals surface area contributed by atoms with Gasteiger partial charge in [-0.05, 0) is 45.2 Å². The molecule has 114 valence electrons. The van der Waals surface area contributed by atoms with Crippen LogP contribution < -0.4 is 10.6 Å². The molecule has 2 heterocycles. The van der Waals surface area contributed by atoms with Gasteiger partial charge in [-0.25, -0.2) is 0 Å². The molecule has 1 amide bonds. The first-order valence-corrected chi connectivity index (χ1v) is 8.09. The molecule has 1 aromatic rings. The second-order valence-corrected chi connectivity index (χ2v) is 5.97. The number of hydrogen-bond acceptors (Lipinski definition) is 4. The van der Waals surface area contributed by atoms with Crippen molar-refractivity contribution in [3.05, 3.63) is 18.5 Å². The number of piperidine rings is 1. The minimum Gasteiger partial charge on any atom is -0.351 e. The van der Waals surface area contributed by atoms with Crippen LogP contribution in [0, 0.1) is 0 Å². The summed E-state index contributed by atoms with van der Waals surface area (Å²) in [5.41, 5.74) is -0.526. The largest absolute Gasteiger partial charge is 0.351 e. The van der Waals surface area contributed by atoms with Crippen molar-refractivity contribution >= 4 is 30.1 Å². The van der Waals surface area contributed by atoms with Crippen molar-refractivity contribution in [2.75, 3.05) is 25.1 Å². The van der Waals surface area contributed by atoms with Gasteiger partial charge in [-0.1, -0.05) is 0 Å². The van der Waals surface area contributed by atoms with Gasteiger partial charge in [0.1, 0.15) is 5.54 Å². The first kappa shape index (κ1) is 17.3. The minimum absolute atomic E-state index is 0. The molecule has 1 aromatic heterocycles. The summed E-state index contributed by atoms with van der Waals surface area (Å²) in [5.74, 6) is 1.03. The second-order valence-electron chi connectivity index (χ2n) is 5.06. The third-order valence-electron chi connectivity index (χ3n) is 3.59. The van der Waals surface area contributed by atoms with E-state index in [-0.39, 0.29) is 24.4 Å². The van der Waals surface area contributed by atoms with Crippen LogP contribution in [-0.2, 0) is 10.3 Å². The summed E-state index contributed by atoms with van der Waals surface area (Å²) in [5, 5.41) is 10.8. The molecule has 1 atom stereocenters. The van der Waals surface area contributed by atoms with E-state index in [1.54, 1.807) is 18.0 Å². The Morgan fingerprint density at radius 3 is 2.80 bits per heavy atom. The summed E-state index contributed by atoms with van der Waals surface area (Å²) in [4.78, 5) is 12.7. The lowest BCUT2D eigenvalue weighted by Gasteiger charge is -2.37. The van der Waals surface area contributed by atoms with E-state index in [0.29, 0.717) is 0 Å². The van der Waals surface area contributed by atoms with E-state index in [1.165, 1.54) is 0 Å². The monoisotopic (exact) mass is 318 g/mol. The summed E-state index contributed by atoms with van der Waals surface area (Å²) in [6, 6.07) is 2.06. The lowest BCUT2D eigenvalue weighted by Crippen LogP contribution is -2.56. The standard InChI is InChI=1S/C13H22N4OS.ClH/c1-11(10-19-2)16-12(18)13(4-7-14-8-5-13)17-9-3-6-15-17;/h3,6,9,11,14H,4-5,7-8,10H2,1-2H3,(H,16,18);1H. The molecule has 7 heteroatoms. The van der Waals surface area contributed by atoms with Gasteiger partial charge in [-0.2, -0.15) is 16.9 Å². The maximum Gasteiger partial charge on any atom is 0.248 e. The van der Waals surface area contributed by atoms with Gasteiger partial charge in [0, 0.05) is 24.2 Å². The fourth-order valence-electron chi connectivity index (χ4n) is 2.57. The maximum atomic E-state index is 12.7. The van der Waals surface area contributed by atoms with Gasteiger partial charge in [-0.3, -0.25) is 9.48 Å². The Bertz CT molecular complexity index is 407. The van der Waals surface area contributed by atoms with Crippen LogP contribution in [0.3, 0.4) is 0 Å². The van der Waals surface area contributed by atoms with Gasteiger partial charge in [0.2, 0.25) is 5.91 Å². The fourth-order valence-corrected chi connectivity index (χ4v) is 3.16. The molecule has 20 heavy (non-hydrogen) atoms. The number of nitrogens with zero attached hydrogens (tertiary/aromatic N) is 2. The Hall–Kier alpha value is -0.720. The predicted molar refractivity (Wildman–Crippen MR) is 85.5 cm³/mol. The average molecular weight is 319 g/mol. The number of nitrogens with one attached hydrogen (secondary N) is 2. The van der Waals surface area contributed by atoms with Crippen molar-refractivity contribution in [1.29, 1.82) is 0 Å². The number of aromatic nitrogens is 2. The fraction of sp³-hybridized carbons (Fsp3) is 0.692. The predicted octanol–water partition coefficient (Wildman–Crippen LogP) is 1.25. The Labute approximate surface area is 130 Å². The normalized spacial score (nSPS) is 18.9. The first-order valence-electron chi connectivity index (χ1n) is 6.70. The zero-order valence-corrected chi connectivity index (χ0v) is 13.6. The van der Waals surface area contributed by atoms with Crippen LogP contribution in [0.1, 0.15) is 19.8 Å². The van der Waals surface area contributed by atoms with Crippen LogP contribution in [0.4, 0.5) is 0 Å². The molecule has 1 aliphatic rings. The second kappa shape index (κ2) is 7.90. The molecule has 0 aliphatic carbocycles. The molecule has 0 aromatic carbocycles. The summed E-state index contributed by atoms with van der Waals surface area (Å²) in [6.07, 6.45) is 7.25. The lowest BCUT2D eigenvalue weighted by molar-refractivity contribution is -0.132. The molecule has 2 rings (SSSR count). The highest BCUT2D eigenvalue weighted by atomic mass is 35.5. The average Bonchev–Trinajstić information content (AvgIpc) is 2.94. The number of hydrogen-bond donors (Lipinski definition) is 2. The Morgan fingerprint density at radius 1 is 1.55 bits per heavy atom. The van der Waals surface area contributed by atoms with Crippen molar-refractivity contribution in [1.82, 2.24) is 20.4 Å². The number of carbonyl (C=O) groups excluding carboxylic acids is 1. The van der Waals surface area contributed by atoms with Crippen LogP contribution in [0.2, 0.25) is 0 Å². The maximum absolute atomic E-state index is 12.7. The number of halogens is 1. The first-order chi connectivity index (χ1) is 9.19. The van der Waals surface area contributed by atoms with Crippen LogP contribution in [0.15, 0.2) is 18.5 Å². The highest BCUT2D eigenvalue weighted by Gasteiger charge is 2.42. The molecule has 1 unspecified atom stereocenters. The topological polar surface area (TPSA) is 59.0 Å². The van der Waals surface area contributed by atoms with E-state index in [9.17, 15) is 4.79 Å². The minimum atomic E-state index is -0.526. The molecule has 1 fully saturated rings. The molecule has 0 saturated carbocycles. The van der Waals surface area contributed by atoms with Crippen molar-refractivity contribution < 1.29 is 4.79 Å². The third kappa shape index (κ3) is 3.68. The summed E-state index contributed by atoms with van der Waals surface area (Å²) >= 11 is 1.75. The molecule has 1 aliphatic heterocycles. The molecule has 5 nitrogen and oxygen atoms in total. The van der Waals surface area contributed by atoms with Crippen LogP contribution in [-0.4, -0.2) is 46.8 Å². The van der Waals surface area contributed by atoms with Crippen molar-refractivity contribution in [2.45, 2.75) is 31.3 Å². The van der Waals surface area contributed by atoms with E-state index in [2.05, 4.69) is 22.0 Å². The third-order valence-corrected chi connectivity index (χ3v) is 4.42. The summed E-state index contributed by atoms with van der Waals surface area (Å²) in [7, 11) is 0. The molecule has 1 saturated heterocycles. The highest BCUT2D eigenvalue weighted by Crippen LogP contribution is 2.27. The molecular formula is C13H23ClN4OS. The number of carbonyl (C=O) groups is 1. The summed E-state index contributed by atoms with van der Waals surface area (Å²) in [6.45, 7) is 3.75. The smallest absolute Gasteiger partial charge is 0.248 e. The Kier molecular flexibility index (Phi) is 6.85. The van der Waals surface area contributed by atoms with E-state index >= 15 is 0 Å². The quantitative estimate of drug-likeness (QED) is 0.858. The van der Waals surface area contributed by atoms with E-state index < -0.39 is 5.54 Å². The zero-order valence-electron chi connectivity index (χ0n) is 12.0. The van der Waals surface area contributed by atoms with Crippen molar-refractivity contribution in [3.63, 3.8) is 0 Å². The van der Waals surface area contributed by atoms with Gasteiger partial charge in [-0.15, -0.1) is 12.4 Å². The Morgan fingerprint density at radius 2 is 2.25 bits per heavy atom. The molecule has 0 radical (unpaired) electrons. The lowest BCUT2D eigenvalue weighted by atomic mass is 9.87. The van der Waals surface area contributed by atoms with Gasteiger partial charge in [0.15, 0.2) is 0 Å². The SMILES string of the molecule is CSCC(C)NC(=O)C1(n2cccn2)CCNCC1.Cl. The molecule has 2 N–H and O–H groups in total. The molecular weight excluding hydrogens is 296 g/mol. The number of thioether (sulfide) groups is 1. The van der Waals surface area contributed by atoms with Crippen LogP contribution >= 0.6 is 24.2 Å². The van der Waals surface area contributed by atoms with Crippen molar-refractivity contribution in [2.24, 2.45) is 0 Å². The van der Waals surface area contributed by atoms with Gasteiger partial charge in [0.25, 0.3) is 0 Å². The van der Waals surface area contributed by atoms with Crippen LogP contribution in [0.5, 0.6) is 0 Å². The summed E-state index contributed by atoms with van der Waals surface area (Å²) < 4.78 is 1.83. The zero-order chi connectivity index (χ0) is 13.7. The Balaban J connectivity index is 0.00000200. The van der Waals surface area contributed by atoms with Crippen LogP contribution in [0.25, 0.3) is 0 Å². The molecule has 0 spiro atoms. The van der Waals surface area contributed by atoms with E-state index in [0.717, 1.165) is 31.7 Å². The highest BCUT2D eigenvalue weighted by molar-refractivity contribution is 7.98. The van der Waals surface area contributed by atoms with Crippen molar-refractivity contribution in [3.8, 4) is 0 Å². The van der Waals surface area contributed by atoms with Gasteiger partial charge in [0.05, 0.1) is 0 Å².